The van der Waals surface area contributed by atoms with Gasteiger partial charge in [0.25, 0.3) is 0 Å². The summed E-state index contributed by atoms with van der Waals surface area (Å²) in [6, 6.07) is 0.623. The number of aromatic nitrogens is 5. The molecule has 1 aliphatic carbocycles. The molecule has 2 aromatic heterocycles. The van der Waals surface area contributed by atoms with Gasteiger partial charge >= 0.3 is 0 Å². The number of hydrogen-bond acceptors (Lipinski definition) is 6. The smallest absolute Gasteiger partial charge is 0.239 e. The minimum absolute atomic E-state index is 0.374. The highest BCUT2D eigenvalue weighted by Gasteiger charge is 2.26. The Kier molecular flexibility index (Phi) is 3.06. The minimum atomic E-state index is 0.374. The van der Waals surface area contributed by atoms with Gasteiger partial charge in [-0.1, -0.05) is 5.16 Å². The molecule has 0 amide bonds. The second-order valence-corrected chi connectivity index (χ2v) is 4.63. The molecule has 0 spiro atoms. The third kappa shape index (κ3) is 2.13. The second-order valence-electron chi connectivity index (χ2n) is 4.63. The van der Waals surface area contributed by atoms with E-state index in [1.807, 2.05) is 7.05 Å². The molecule has 0 aliphatic heterocycles. The van der Waals surface area contributed by atoms with Gasteiger partial charge in [-0.15, -0.1) is 0 Å². The molecule has 0 saturated heterocycles. The average molecular weight is 248 g/mol. The van der Waals surface area contributed by atoms with Gasteiger partial charge in [0.2, 0.25) is 11.7 Å². The number of hydrogen-bond donors (Lipinski definition) is 2. The highest BCUT2D eigenvalue weighted by molar-refractivity contribution is 5.39. The van der Waals surface area contributed by atoms with Crippen LogP contribution in [0.5, 0.6) is 0 Å². The van der Waals surface area contributed by atoms with Crippen LogP contribution in [0.4, 0.5) is 0 Å². The summed E-state index contributed by atoms with van der Waals surface area (Å²) >= 11 is 0. The Bertz CT molecular complexity index is 485. The summed E-state index contributed by atoms with van der Waals surface area (Å²) in [5, 5.41) is 13.8. The molecule has 0 aromatic carbocycles. The maximum Gasteiger partial charge on any atom is 0.239 e. The standard InChI is InChI=1S/C11H16N6O/c1-12-8-4-2-7(3-5-8)11-15-10(17-18-11)9-13-6-14-16-9/h6-8,12H,2-5H2,1H3,(H,13,14,16). The third-order valence-corrected chi connectivity index (χ3v) is 3.55. The molecular weight excluding hydrogens is 232 g/mol. The molecule has 2 aromatic rings. The predicted molar refractivity (Wildman–Crippen MR) is 63.7 cm³/mol. The number of rotatable bonds is 3. The van der Waals surface area contributed by atoms with Crippen molar-refractivity contribution in [2.24, 2.45) is 0 Å². The highest BCUT2D eigenvalue weighted by Crippen LogP contribution is 2.32. The number of nitrogens with one attached hydrogen (secondary N) is 2. The summed E-state index contributed by atoms with van der Waals surface area (Å²) < 4.78 is 5.33. The molecule has 96 valence electrons. The molecule has 0 unspecified atom stereocenters. The summed E-state index contributed by atoms with van der Waals surface area (Å²) in [5.41, 5.74) is 0. The van der Waals surface area contributed by atoms with Crippen LogP contribution in [-0.4, -0.2) is 38.4 Å². The van der Waals surface area contributed by atoms with E-state index in [1.54, 1.807) is 0 Å². The predicted octanol–water partition coefficient (Wildman–Crippen LogP) is 1.10. The first-order valence-electron chi connectivity index (χ1n) is 6.23. The number of H-pyrrole nitrogens is 1. The molecule has 1 aliphatic rings. The van der Waals surface area contributed by atoms with Crippen molar-refractivity contribution < 1.29 is 4.52 Å². The maximum absolute atomic E-state index is 5.33. The summed E-state index contributed by atoms with van der Waals surface area (Å²) in [6.45, 7) is 0. The fraction of sp³-hybridized carbons (Fsp3) is 0.636. The van der Waals surface area contributed by atoms with Crippen LogP contribution in [0, 0.1) is 0 Å². The van der Waals surface area contributed by atoms with Crippen molar-refractivity contribution in [1.29, 1.82) is 0 Å². The molecule has 2 N–H and O–H groups in total. The van der Waals surface area contributed by atoms with Crippen LogP contribution in [0.3, 0.4) is 0 Å². The molecule has 7 heteroatoms. The Hall–Kier alpha value is -1.76. The molecule has 0 atom stereocenters. The zero-order valence-electron chi connectivity index (χ0n) is 10.3. The van der Waals surface area contributed by atoms with Crippen molar-refractivity contribution in [3.63, 3.8) is 0 Å². The Labute approximate surface area is 104 Å². The first-order chi connectivity index (χ1) is 8.86. The topological polar surface area (TPSA) is 92.5 Å². The van der Waals surface area contributed by atoms with Gasteiger partial charge in [0.1, 0.15) is 6.33 Å². The molecule has 1 fully saturated rings. The lowest BCUT2D eigenvalue weighted by molar-refractivity contribution is 0.288. The lowest BCUT2D eigenvalue weighted by Crippen LogP contribution is -2.29. The fourth-order valence-corrected chi connectivity index (χ4v) is 2.44. The quantitative estimate of drug-likeness (QED) is 0.845. The van der Waals surface area contributed by atoms with Gasteiger partial charge in [-0.25, -0.2) is 4.98 Å². The van der Waals surface area contributed by atoms with Crippen LogP contribution in [0.1, 0.15) is 37.5 Å². The van der Waals surface area contributed by atoms with E-state index in [0.29, 0.717) is 23.6 Å². The average Bonchev–Trinajstić information content (AvgIpc) is 3.09. The van der Waals surface area contributed by atoms with Crippen molar-refractivity contribution in [3.8, 4) is 11.6 Å². The normalized spacial score (nSPS) is 24.3. The molecule has 0 bridgehead atoms. The Morgan fingerprint density at radius 1 is 1.33 bits per heavy atom. The first kappa shape index (κ1) is 11.3. The lowest BCUT2D eigenvalue weighted by Gasteiger charge is -2.25. The molecular formula is C11H16N6O. The summed E-state index contributed by atoms with van der Waals surface area (Å²) in [7, 11) is 2.01. The van der Waals surface area contributed by atoms with E-state index >= 15 is 0 Å². The van der Waals surface area contributed by atoms with Crippen molar-refractivity contribution >= 4 is 0 Å². The van der Waals surface area contributed by atoms with Crippen LogP contribution in [0.2, 0.25) is 0 Å². The van der Waals surface area contributed by atoms with E-state index < -0.39 is 0 Å². The van der Waals surface area contributed by atoms with E-state index in [4.69, 9.17) is 4.52 Å². The number of aromatic amines is 1. The molecule has 7 nitrogen and oxygen atoms in total. The maximum atomic E-state index is 5.33. The second kappa shape index (κ2) is 4.85. The molecule has 3 rings (SSSR count). The van der Waals surface area contributed by atoms with Gasteiger partial charge in [0.05, 0.1) is 0 Å². The molecule has 1 saturated carbocycles. The summed E-state index contributed by atoms with van der Waals surface area (Å²) in [5.74, 6) is 2.13. The van der Waals surface area contributed by atoms with Crippen molar-refractivity contribution in [2.75, 3.05) is 7.05 Å². The van der Waals surface area contributed by atoms with Crippen LogP contribution in [0.25, 0.3) is 11.6 Å². The van der Waals surface area contributed by atoms with Gasteiger partial charge in [0, 0.05) is 12.0 Å². The first-order valence-corrected chi connectivity index (χ1v) is 6.23. The Morgan fingerprint density at radius 3 is 2.83 bits per heavy atom. The van der Waals surface area contributed by atoms with Gasteiger partial charge in [-0.3, -0.25) is 5.10 Å². The monoisotopic (exact) mass is 248 g/mol. The molecule has 18 heavy (non-hydrogen) atoms. The summed E-state index contributed by atoms with van der Waals surface area (Å²) in [6.07, 6.45) is 5.92. The van der Waals surface area contributed by atoms with Crippen LogP contribution < -0.4 is 5.32 Å². The van der Waals surface area contributed by atoms with E-state index in [9.17, 15) is 0 Å². The van der Waals surface area contributed by atoms with Gasteiger partial charge in [-0.2, -0.15) is 10.1 Å². The van der Waals surface area contributed by atoms with Crippen molar-refractivity contribution in [3.05, 3.63) is 12.2 Å². The third-order valence-electron chi connectivity index (χ3n) is 3.55. The van der Waals surface area contributed by atoms with Crippen molar-refractivity contribution in [2.45, 2.75) is 37.6 Å². The van der Waals surface area contributed by atoms with Gasteiger partial charge in [-0.05, 0) is 32.7 Å². The van der Waals surface area contributed by atoms with E-state index in [2.05, 4.69) is 30.6 Å². The van der Waals surface area contributed by atoms with E-state index in [1.165, 1.54) is 6.33 Å². The van der Waals surface area contributed by atoms with Crippen molar-refractivity contribution in [1.82, 2.24) is 30.6 Å². The molecule has 2 heterocycles. The Morgan fingerprint density at radius 2 is 2.17 bits per heavy atom. The molecule has 0 radical (unpaired) electrons. The van der Waals surface area contributed by atoms with E-state index in [0.717, 1.165) is 31.6 Å². The summed E-state index contributed by atoms with van der Waals surface area (Å²) in [4.78, 5) is 8.40. The zero-order valence-corrected chi connectivity index (χ0v) is 10.3. The minimum Gasteiger partial charge on any atom is -0.339 e. The van der Waals surface area contributed by atoms with E-state index in [-0.39, 0.29) is 0 Å². The van der Waals surface area contributed by atoms with Gasteiger partial charge < -0.3 is 9.84 Å². The van der Waals surface area contributed by atoms with Crippen LogP contribution in [0.15, 0.2) is 10.9 Å². The van der Waals surface area contributed by atoms with Crippen LogP contribution in [-0.2, 0) is 0 Å². The van der Waals surface area contributed by atoms with Gasteiger partial charge in [0.15, 0.2) is 5.82 Å². The van der Waals surface area contributed by atoms with Crippen LogP contribution >= 0.6 is 0 Å². The SMILES string of the molecule is CNC1CCC(c2nc(-c3ncn[nH]3)no2)CC1. The highest BCUT2D eigenvalue weighted by atomic mass is 16.5. The zero-order chi connectivity index (χ0) is 12.4. The Balaban J connectivity index is 1.71. The largest absolute Gasteiger partial charge is 0.339 e. The fourth-order valence-electron chi connectivity index (χ4n) is 2.44. The number of nitrogens with zero attached hydrogens (tertiary/aromatic N) is 4. The lowest BCUT2D eigenvalue weighted by atomic mass is 9.86.